The van der Waals surface area contributed by atoms with E-state index in [9.17, 15) is 9.59 Å². The van der Waals surface area contributed by atoms with Crippen LogP contribution < -0.4 is 15.6 Å². The van der Waals surface area contributed by atoms with E-state index in [-0.39, 0.29) is 11.1 Å². The lowest BCUT2D eigenvalue weighted by molar-refractivity contribution is 0.102. The van der Waals surface area contributed by atoms with E-state index in [1.807, 2.05) is 30.3 Å². The second-order valence-electron chi connectivity index (χ2n) is 5.64. The van der Waals surface area contributed by atoms with Crippen molar-refractivity contribution in [3.63, 3.8) is 0 Å². The van der Waals surface area contributed by atoms with Crippen LogP contribution >= 0.6 is 15.9 Å². The maximum absolute atomic E-state index is 12.7. The molecule has 1 aromatic heterocycles. The Morgan fingerprint density at radius 2 is 1.81 bits per heavy atom. The molecule has 1 N–H and O–H groups in total. The number of para-hydroxylation sites is 2. The number of hydrogen-bond donors (Lipinski definition) is 1. The number of benzene rings is 2. The van der Waals surface area contributed by atoms with Gasteiger partial charge >= 0.3 is 0 Å². The minimum atomic E-state index is -0.468. The zero-order valence-corrected chi connectivity index (χ0v) is 15.7. The molecule has 0 saturated carbocycles. The predicted octanol–water partition coefficient (Wildman–Crippen LogP) is 3.92. The quantitative estimate of drug-likeness (QED) is 0.690. The van der Waals surface area contributed by atoms with Crippen LogP contribution in [0.2, 0.25) is 0 Å². The number of nitrogens with zero attached hydrogens (tertiary/aromatic N) is 1. The minimum absolute atomic E-state index is 0.0792. The molecule has 0 fully saturated rings. The van der Waals surface area contributed by atoms with Crippen molar-refractivity contribution in [3.8, 4) is 5.75 Å². The lowest BCUT2D eigenvalue weighted by atomic mass is 10.2. The van der Waals surface area contributed by atoms with Gasteiger partial charge in [0, 0.05) is 10.7 Å². The molecular weight excluding hydrogens is 396 g/mol. The van der Waals surface area contributed by atoms with Crippen LogP contribution in [-0.2, 0) is 6.54 Å². The molecule has 5 nitrogen and oxygen atoms in total. The first-order valence-corrected chi connectivity index (χ1v) is 8.76. The molecule has 1 amide bonds. The Labute approximate surface area is 159 Å². The van der Waals surface area contributed by atoms with Crippen LogP contribution in [0.4, 0.5) is 5.69 Å². The van der Waals surface area contributed by atoms with Gasteiger partial charge in [-0.3, -0.25) is 9.59 Å². The molecule has 3 rings (SSSR count). The second kappa shape index (κ2) is 8.01. The van der Waals surface area contributed by atoms with Gasteiger partial charge in [0.05, 0.1) is 19.3 Å². The van der Waals surface area contributed by atoms with Crippen LogP contribution in [0.15, 0.2) is 76.1 Å². The number of hydrogen-bond acceptors (Lipinski definition) is 3. The highest BCUT2D eigenvalue weighted by Crippen LogP contribution is 2.23. The fraction of sp³-hybridized carbons (Fsp3) is 0.100. The van der Waals surface area contributed by atoms with E-state index < -0.39 is 5.91 Å². The zero-order valence-electron chi connectivity index (χ0n) is 14.1. The topological polar surface area (TPSA) is 60.3 Å². The van der Waals surface area contributed by atoms with E-state index in [4.69, 9.17) is 4.74 Å². The summed E-state index contributed by atoms with van der Waals surface area (Å²) >= 11 is 3.39. The maximum atomic E-state index is 12.7. The molecule has 0 atom stereocenters. The van der Waals surface area contributed by atoms with Crippen LogP contribution in [-0.4, -0.2) is 17.6 Å². The summed E-state index contributed by atoms with van der Waals surface area (Å²) < 4.78 is 7.71. The monoisotopic (exact) mass is 412 g/mol. The minimum Gasteiger partial charge on any atom is -0.495 e. The van der Waals surface area contributed by atoms with Crippen LogP contribution in [0.5, 0.6) is 5.75 Å². The Balaban J connectivity index is 1.85. The molecule has 0 spiro atoms. The van der Waals surface area contributed by atoms with Gasteiger partial charge in [-0.15, -0.1) is 0 Å². The van der Waals surface area contributed by atoms with E-state index >= 15 is 0 Å². The lowest BCUT2D eigenvalue weighted by Gasteiger charge is -2.11. The Bertz CT molecular complexity index is 981. The molecule has 26 heavy (non-hydrogen) atoms. The Morgan fingerprint density at radius 1 is 1.08 bits per heavy atom. The lowest BCUT2D eigenvalue weighted by Crippen LogP contribution is -2.29. The molecule has 0 aliphatic heterocycles. The number of carbonyl (C=O) groups is 1. The SMILES string of the molecule is COc1ccccc1NC(=O)c1cccn(Cc2ccc(Br)cc2)c1=O. The number of ether oxygens (including phenoxy) is 1. The Kier molecular flexibility index (Phi) is 5.53. The van der Waals surface area contributed by atoms with Gasteiger partial charge in [0.15, 0.2) is 0 Å². The number of rotatable bonds is 5. The van der Waals surface area contributed by atoms with Gasteiger partial charge in [-0.25, -0.2) is 0 Å². The van der Waals surface area contributed by atoms with Gasteiger partial charge in [0.1, 0.15) is 11.3 Å². The predicted molar refractivity (Wildman–Crippen MR) is 105 cm³/mol. The summed E-state index contributed by atoms with van der Waals surface area (Å²) in [4.78, 5) is 25.3. The number of halogens is 1. The molecule has 0 aliphatic rings. The highest BCUT2D eigenvalue weighted by atomic mass is 79.9. The number of amides is 1. The molecule has 1 heterocycles. The van der Waals surface area contributed by atoms with Gasteiger partial charge in [0.25, 0.3) is 11.5 Å². The Hall–Kier alpha value is -2.86. The molecular formula is C20H17BrN2O3. The first-order chi connectivity index (χ1) is 12.6. The summed E-state index contributed by atoms with van der Waals surface area (Å²) in [6.07, 6.45) is 1.67. The number of nitrogens with one attached hydrogen (secondary N) is 1. The molecule has 0 aliphatic carbocycles. The van der Waals surface area contributed by atoms with E-state index in [1.165, 1.54) is 17.7 Å². The average molecular weight is 413 g/mol. The van der Waals surface area contributed by atoms with Crippen LogP contribution in [0.3, 0.4) is 0 Å². The van der Waals surface area contributed by atoms with Crippen molar-refractivity contribution in [1.29, 1.82) is 0 Å². The zero-order chi connectivity index (χ0) is 18.5. The maximum Gasteiger partial charge on any atom is 0.263 e. The van der Waals surface area contributed by atoms with Crippen molar-refractivity contribution in [2.75, 3.05) is 12.4 Å². The molecule has 6 heteroatoms. The number of anilines is 1. The van der Waals surface area contributed by atoms with E-state index in [0.717, 1.165) is 10.0 Å². The van der Waals surface area contributed by atoms with Gasteiger partial charge in [-0.2, -0.15) is 0 Å². The molecule has 132 valence electrons. The summed E-state index contributed by atoms with van der Waals surface area (Å²) in [5.41, 5.74) is 1.22. The van der Waals surface area contributed by atoms with Gasteiger partial charge in [0.2, 0.25) is 0 Å². The molecule has 0 saturated heterocycles. The highest BCUT2D eigenvalue weighted by molar-refractivity contribution is 9.10. The Morgan fingerprint density at radius 3 is 2.54 bits per heavy atom. The summed E-state index contributed by atoms with van der Waals surface area (Å²) in [6, 6.07) is 18.0. The van der Waals surface area contributed by atoms with Crippen LogP contribution in [0.1, 0.15) is 15.9 Å². The van der Waals surface area contributed by atoms with Gasteiger partial charge in [-0.05, 0) is 42.0 Å². The average Bonchev–Trinajstić information content (AvgIpc) is 2.65. The largest absolute Gasteiger partial charge is 0.495 e. The number of aromatic nitrogens is 1. The van der Waals surface area contributed by atoms with Crippen molar-refractivity contribution in [1.82, 2.24) is 4.57 Å². The second-order valence-corrected chi connectivity index (χ2v) is 6.55. The summed E-state index contributed by atoms with van der Waals surface area (Å²) in [6.45, 7) is 0.391. The molecule has 0 bridgehead atoms. The third-order valence-corrected chi connectivity index (χ3v) is 4.41. The molecule has 0 radical (unpaired) electrons. The smallest absolute Gasteiger partial charge is 0.263 e. The third-order valence-electron chi connectivity index (χ3n) is 3.89. The first kappa shape index (κ1) is 17.9. The molecule has 2 aromatic carbocycles. The van der Waals surface area contributed by atoms with Crippen LogP contribution in [0.25, 0.3) is 0 Å². The summed E-state index contributed by atoms with van der Waals surface area (Å²) in [5, 5.41) is 2.73. The number of methoxy groups -OCH3 is 1. The summed E-state index contributed by atoms with van der Waals surface area (Å²) in [5.74, 6) is 0.0663. The number of carbonyl (C=O) groups excluding carboxylic acids is 1. The fourth-order valence-electron chi connectivity index (χ4n) is 2.56. The molecule has 3 aromatic rings. The van der Waals surface area contributed by atoms with E-state index in [0.29, 0.717) is 18.0 Å². The van der Waals surface area contributed by atoms with Crippen LogP contribution in [0, 0.1) is 0 Å². The van der Waals surface area contributed by atoms with Crippen molar-refractivity contribution >= 4 is 27.5 Å². The molecule has 0 unspecified atom stereocenters. The van der Waals surface area contributed by atoms with E-state index in [2.05, 4.69) is 21.2 Å². The highest BCUT2D eigenvalue weighted by Gasteiger charge is 2.14. The van der Waals surface area contributed by atoms with Crippen molar-refractivity contribution in [3.05, 3.63) is 92.8 Å². The first-order valence-electron chi connectivity index (χ1n) is 7.97. The van der Waals surface area contributed by atoms with Crippen molar-refractivity contribution in [2.45, 2.75) is 6.54 Å². The van der Waals surface area contributed by atoms with Gasteiger partial charge in [-0.1, -0.05) is 40.2 Å². The standard InChI is InChI=1S/C20H17BrN2O3/c1-26-18-7-3-2-6-17(18)22-19(24)16-5-4-12-23(20(16)25)13-14-8-10-15(21)11-9-14/h2-12H,13H2,1H3,(H,22,24). The van der Waals surface area contributed by atoms with Crippen molar-refractivity contribution < 1.29 is 9.53 Å². The fourth-order valence-corrected chi connectivity index (χ4v) is 2.82. The van der Waals surface area contributed by atoms with Crippen molar-refractivity contribution in [2.24, 2.45) is 0 Å². The van der Waals surface area contributed by atoms with Gasteiger partial charge < -0.3 is 14.6 Å². The van der Waals surface area contributed by atoms with E-state index in [1.54, 1.807) is 30.5 Å². The third kappa shape index (κ3) is 4.03. The number of pyridine rings is 1. The normalized spacial score (nSPS) is 10.4. The summed E-state index contributed by atoms with van der Waals surface area (Å²) in [7, 11) is 1.53.